The Bertz CT molecular complexity index is 873. The highest BCUT2D eigenvalue weighted by atomic mass is 32.2. The van der Waals surface area contributed by atoms with Crippen molar-refractivity contribution in [3.8, 4) is 0 Å². The smallest absolute Gasteiger partial charge is 0.341 e. The SMILES string of the molecule is CN(C)c1ccnc(CNC(=O)c2ccccc2S(=O)(=O)C(F)F)n1. The molecule has 10 heteroatoms. The molecule has 0 saturated carbocycles. The van der Waals surface area contributed by atoms with Gasteiger partial charge in [-0.3, -0.25) is 4.79 Å². The summed E-state index contributed by atoms with van der Waals surface area (Å²) in [5.74, 6) is -3.49. The number of aromatic nitrogens is 2. The van der Waals surface area contributed by atoms with Gasteiger partial charge in [-0.15, -0.1) is 0 Å². The second-order valence-electron chi connectivity index (χ2n) is 5.21. The summed E-state index contributed by atoms with van der Waals surface area (Å²) in [6.45, 7) is -0.0798. The Hall–Kier alpha value is -2.62. The van der Waals surface area contributed by atoms with Gasteiger partial charge in [0.25, 0.3) is 5.91 Å². The van der Waals surface area contributed by atoms with Crippen molar-refractivity contribution in [3.05, 3.63) is 47.9 Å². The van der Waals surface area contributed by atoms with Gasteiger partial charge in [-0.05, 0) is 18.2 Å². The molecule has 1 amide bonds. The Morgan fingerprint density at radius 3 is 2.56 bits per heavy atom. The minimum absolute atomic E-state index is 0.0798. The number of carbonyl (C=O) groups excluding carboxylic acids is 1. The van der Waals surface area contributed by atoms with Crippen molar-refractivity contribution in [2.75, 3.05) is 19.0 Å². The molecule has 0 fully saturated rings. The van der Waals surface area contributed by atoms with Crippen LogP contribution in [0.25, 0.3) is 0 Å². The molecule has 0 aliphatic heterocycles. The number of benzene rings is 1. The fourth-order valence-corrected chi connectivity index (χ4v) is 2.90. The highest BCUT2D eigenvalue weighted by Gasteiger charge is 2.30. The molecule has 0 bridgehead atoms. The molecule has 0 aliphatic rings. The number of anilines is 1. The molecule has 0 unspecified atom stereocenters. The highest BCUT2D eigenvalue weighted by Crippen LogP contribution is 2.22. The molecular formula is C15H16F2N4O3S. The molecule has 1 N–H and O–H groups in total. The lowest BCUT2D eigenvalue weighted by molar-refractivity contribution is 0.0946. The molecule has 0 spiro atoms. The van der Waals surface area contributed by atoms with Crippen molar-refractivity contribution in [1.29, 1.82) is 0 Å². The van der Waals surface area contributed by atoms with Crippen LogP contribution in [0.5, 0.6) is 0 Å². The van der Waals surface area contributed by atoms with E-state index in [1.165, 1.54) is 24.4 Å². The summed E-state index contributed by atoms with van der Waals surface area (Å²) in [6, 6.07) is 6.48. The first-order valence-corrected chi connectivity index (χ1v) is 8.66. The van der Waals surface area contributed by atoms with Crippen molar-refractivity contribution >= 4 is 21.6 Å². The number of nitrogens with one attached hydrogen (secondary N) is 1. The largest absolute Gasteiger partial charge is 0.363 e. The fourth-order valence-electron chi connectivity index (χ4n) is 1.98. The van der Waals surface area contributed by atoms with Crippen LogP contribution in [0.4, 0.5) is 14.6 Å². The zero-order valence-corrected chi connectivity index (χ0v) is 14.3. The Balaban J connectivity index is 2.21. The Labute approximate surface area is 143 Å². The normalized spacial score (nSPS) is 11.4. The van der Waals surface area contributed by atoms with Gasteiger partial charge in [0.15, 0.2) is 0 Å². The van der Waals surface area contributed by atoms with E-state index in [9.17, 15) is 22.0 Å². The first-order chi connectivity index (χ1) is 11.7. The maximum Gasteiger partial charge on any atom is 0.341 e. The zero-order chi connectivity index (χ0) is 18.6. The molecule has 7 nitrogen and oxygen atoms in total. The summed E-state index contributed by atoms with van der Waals surface area (Å²) < 4.78 is 48.9. The van der Waals surface area contributed by atoms with E-state index in [-0.39, 0.29) is 12.1 Å². The van der Waals surface area contributed by atoms with Crippen molar-refractivity contribution < 1.29 is 22.0 Å². The van der Waals surface area contributed by atoms with E-state index in [1.54, 1.807) is 25.1 Å². The summed E-state index contributed by atoms with van der Waals surface area (Å²) in [5.41, 5.74) is -0.355. The third-order valence-corrected chi connectivity index (χ3v) is 4.67. The average molecular weight is 370 g/mol. The first-order valence-electron chi connectivity index (χ1n) is 7.12. The molecule has 1 aromatic carbocycles. The van der Waals surface area contributed by atoms with E-state index < -0.39 is 26.4 Å². The van der Waals surface area contributed by atoms with E-state index >= 15 is 0 Å². The lowest BCUT2D eigenvalue weighted by Crippen LogP contribution is -2.27. The number of rotatable bonds is 6. The number of carbonyl (C=O) groups is 1. The molecule has 0 radical (unpaired) electrons. The molecular weight excluding hydrogens is 354 g/mol. The zero-order valence-electron chi connectivity index (χ0n) is 13.5. The lowest BCUT2D eigenvalue weighted by Gasteiger charge is -2.12. The third-order valence-electron chi connectivity index (χ3n) is 3.23. The molecule has 1 heterocycles. The van der Waals surface area contributed by atoms with Crippen LogP contribution in [0.3, 0.4) is 0 Å². The summed E-state index contributed by atoms with van der Waals surface area (Å²) in [7, 11) is -1.31. The maximum atomic E-state index is 12.8. The van der Waals surface area contributed by atoms with Gasteiger partial charge in [0, 0.05) is 20.3 Å². The fraction of sp³-hybridized carbons (Fsp3) is 0.267. The first kappa shape index (κ1) is 18.7. The quantitative estimate of drug-likeness (QED) is 0.828. The third kappa shape index (κ3) is 4.27. The number of alkyl halides is 2. The van der Waals surface area contributed by atoms with Gasteiger partial charge in [-0.25, -0.2) is 18.4 Å². The van der Waals surface area contributed by atoms with Crippen LogP contribution in [0, 0.1) is 0 Å². The number of halogens is 2. The van der Waals surface area contributed by atoms with Gasteiger partial charge in [-0.1, -0.05) is 12.1 Å². The lowest BCUT2D eigenvalue weighted by atomic mass is 10.2. The van der Waals surface area contributed by atoms with Gasteiger partial charge in [-0.2, -0.15) is 8.78 Å². The topological polar surface area (TPSA) is 92.3 Å². The van der Waals surface area contributed by atoms with Crippen LogP contribution >= 0.6 is 0 Å². The van der Waals surface area contributed by atoms with Crippen LogP contribution in [0.15, 0.2) is 41.4 Å². The minimum atomic E-state index is -4.89. The minimum Gasteiger partial charge on any atom is -0.363 e. The van der Waals surface area contributed by atoms with Crippen LogP contribution < -0.4 is 10.2 Å². The standard InChI is InChI=1S/C15H16F2N4O3S/c1-21(2)13-7-8-18-12(20-13)9-19-14(22)10-5-3-4-6-11(10)25(23,24)15(16)17/h3-8,15H,9H2,1-2H3,(H,19,22). The Morgan fingerprint density at radius 1 is 1.24 bits per heavy atom. The summed E-state index contributed by atoms with van der Waals surface area (Å²) in [4.78, 5) is 21.5. The van der Waals surface area contributed by atoms with E-state index in [0.717, 1.165) is 6.07 Å². The number of sulfone groups is 1. The van der Waals surface area contributed by atoms with E-state index in [1.807, 2.05) is 0 Å². The molecule has 134 valence electrons. The Morgan fingerprint density at radius 2 is 1.92 bits per heavy atom. The average Bonchev–Trinajstić information content (AvgIpc) is 2.59. The summed E-state index contributed by atoms with van der Waals surface area (Å²) >= 11 is 0. The van der Waals surface area contributed by atoms with Gasteiger partial charge in [0.1, 0.15) is 11.6 Å². The molecule has 1 aromatic heterocycles. The van der Waals surface area contributed by atoms with Gasteiger partial charge in [0.05, 0.1) is 17.0 Å². The molecule has 2 aromatic rings. The number of nitrogens with zero attached hydrogens (tertiary/aromatic N) is 3. The predicted octanol–water partition coefficient (Wildman–Crippen LogP) is 1.47. The number of hydrogen-bond donors (Lipinski definition) is 1. The van der Waals surface area contributed by atoms with Crippen LogP contribution in [-0.4, -0.2) is 44.1 Å². The summed E-state index contributed by atoms with van der Waals surface area (Å²) in [5, 5.41) is 2.44. The van der Waals surface area contributed by atoms with Crippen LogP contribution in [-0.2, 0) is 16.4 Å². The second-order valence-corrected chi connectivity index (χ2v) is 7.10. The molecule has 2 rings (SSSR count). The number of amides is 1. The monoisotopic (exact) mass is 370 g/mol. The van der Waals surface area contributed by atoms with Crippen molar-refractivity contribution in [3.63, 3.8) is 0 Å². The van der Waals surface area contributed by atoms with Crippen molar-refractivity contribution in [2.45, 2.75) is 17.2 Å². The maximum absolute atomic E-state index is 12.8. The number of hydrogen-bond acceptors (Lipinski definition) is 6. The van der Waals surface area contributed by atoms with Crippen molar-refractivity contribution in [2.24, 2.45) is 0 Å². The van der Waals surface area contributed by atoms with Crippen molar-refractivity contribution in [1.82, 2.24) is 15.3 Å². The van der Waals surface area contributed by atoms with Gasteiger partial charge >= 0.3 is 5.76 Å². The molecule has 0 atom stereocenters. The molecule has 0 aliphatic carbocycles. The van der Waals surface area contributed by atoms with E-state index in [0.29, 0.717) is 11.6 Å². The highest BCUT2D eigenvalue weighted by molar-refractivity contribution is 7.91. The van der Waals surface area contributed by atoms with E-state index in [2.05, 4.69) is 15.3 Å². The Kier molecular flexibility index (Phi) is 5.62. The van der Waals surface area contributed by atoms with E-state index in [4.69, 9.17) is 0 Å². The predicted molar refractivity (Wildman–Crippen MR) is 87.2 cm³/mol. The summed E-state index contributed by atoms with van der Waals surface area (Å²) in [6.07, 6.45) is 1.51. The molecule has 0 saturated heterocycles. The second kappa shape index (κ2) is 7.51. The molecule has 25 heavy (non-hydrogen) atoms. The van der Waals surface area contributed by atoms with Crippen LogP contribution in [0.1, 0.15) is 16.2 Å². The van der Waals surface area contributed by atoms with Crippen LogP contribution in [0.2, 0.25) is 0 Å². The van der Waals surface area contributed by atoms with Gasteiger partial charge in [0.2, 0.25) is 9.84 Å². The van der Waals surface area contributed by atoms with Gasteiger partial charge < -0.3 is 10.2 Å².